The lowest BCUT2D eigenvalue weighted by molar-refractivity contribution is -0.139. The van der Waals surface area contributed by atoms with Gasteiger partial charge < -0.3 is 29.9 Å². The van der Waals surface area contributed by atoms with E-state index >= 15 is 0 Å². The van der Waals surface area contributed by atoms with Gasteiger partial charge in [0.15, 0.2) is 0 Å². The van der Waals surface area contributed by atoms with Crippen LogP contribution in [0.25, 0.3) is 0 Å². The highest BCUT2D eigenvalue weighted by Crippen LogP contribution is 2.30. The molecule has 8 nitrogen and oxygen atoms in total. The van der Waals surface area contributed by atoms with Crippen molar-refractivity contribution in [2.24, 2.45) is 5.92 Å². The highest BCUT2D eigenvalue weighted by molar-refractivity contribution is 14.1. The highest BCUT2D eigenvalue weighted by Gasteiger charge is 2.40. The van der Waals surface area contributed by atoms with Crippen LogP contribution < -0.4 is 10.1 Å². The third kappa shape index (κ3) is 8.51. The second kappa shape index (κ2) is 14.7. The summed E-state index contributed by atoms with van der Waals surface area (Å²) in [6.45, 7) is 7.33. The van der Waals surface area contributed by atoms with Crippen LogP contribution in [0, 0.1) is 9.49 Å². The molecule has 0 radical (unpaired) electrons. The van der Waals surface area contributed by atoms with Gasteiger partial charge in [0, 0.05) is 44.7 Å². The molecule has 9 heteroatoms. The third-order valence-corrected chi connectivity index (χ3v) is 6.40. The van der Waals surface area contributed by atoms with Gasteiger partial charge in [0.2, 0.25) is 11.8 Å². The van der Waals surface area contributed by atoms with Crippen molar-refractivity contribution in [3.05, 3.63) is 39.5 Å². The first kappa shape index (κ1) is 28.5. The molecule has 1 aliphatic rings. The summed E-state index contributed by atoms with van der Waals surface area (Å²) in [4.78, 5) is 27.7. The van der Waals surface area contributed by atoms with Crippen molar-refractivity contribution in [1.82, 2.24) is 10.2 Å². The van der Waals surface area contributed by atoms with E-state index in [0.29, 0.717) is 43.9 Å². The van der Waals surface area contributed by atoms with E-state index in [1.54, 1.807) is 17.0 Å². The number of halogens is 1. The van der Waals surface area contributed by atoms with Gasteiger partial charge in [0.05, 0.1) is 16.2 Å². The lowest BCUT2D eigenvalue weighted by atomic mass is 9.87. The predicted molar refractivity (Wildman–Crippen MR) is 138 cm³/mol. The molecule has 1 aliphatic carbocycles. The Balaban J connectivity index is 2.35. The first-order chi connectivity index (χ1) is 16.3. The van der Waals surface area contributed by atoms with Crippen molar-refractivity contribution < 1.29 is 29.3 Å². The fourth-order valence-corrected chi connectivity index (χ4v) is 4.40. The summed E-state index contributed by atoms with van der Waals surface area (Å²) >= 11 is 2.16. The minimum atomic E-state index is -1.02. The van der Waals surface area contributed by atoms with E-state index < -0.39 is 18.2 Å². The molecule has 3 N–H and O–H groups in total. The van der Waals surface area contributed by atoms with Gasteiger partial charge in [-0.25, -0.2) is 0 Å². The van der Waals surface area contributed by atoms with Crippen molar-refractivity contribution in [3.8, 4) is 5.75 Å². The van der Waals surface area contributed by atoms with Gasteiger partial charge >= 0.3 is 0 Å². The SMILES string of the molecule is CCOCCCN(C(=O)CC(C)C)[C@@H]1CC(C(=O)NCCO)=C[C@H](Oc2ccccc2I)[C@H]1O. The maximum Gasteiger partial charge on any atom is 0.247 e. The molecule has 3 atom stereocenters. The average Bonchev–Trinajstić information content (AvgIpc) is 2.80. The number of carbonyl (C=O) groups excluding carboxylic acids is 2. The highest BCUT2D eigenvalue weighted by atomic mass is 127. The molecule has 0 unspecified atom stereocenters. The fraction of sp³-hybridized carbons (Fsp3) is 0.600. The molecule has 0 spiro atoms. The summed E-state index contributed by atoms with van der Waals surface area (Å²) in [5.41, 5.74) is 0.423. The summed E-state index contributed by atoms with van der Waals surface area (Å²) in [5.74, 6) is 0.340. The Morgan fingerprint density at radius 1 is 1.29 bits per heavy atom. The average molecular weight is 588 g/mol. The lowest BCUT2D eigenvalue weighted by Gasteiger charge is -2.41. The Labute approximate surface area is 215 Å². The van der Waals surface area contributed by atoms with Gasteiger partial charge in [0.25, 0.3) is 0 Å². The van der Waals surface area contributed by atoms with E-state index in [1.165, 1.54) is 0 Å². The van der Waals surface area contributed by atoms with Crippen LogP contribution in [0.1, 0.15) is 40.0 Å². The summed E-state index contributed by atoms with van der Waals surface area (Å²) in [7, 11) is 0. The lowest BCUT2D eigenvalue weighted by Crippen LogP contribution is -2.55. The van der Waals surface area contributed by atoms with E-state index in [1.807, 2.05) is 39.0 Å². The molecule has 34 heavy (non-hydrogen) atoms. The van der Waals surface area contributed by atoms with Crippen LogP contribution in [0.4, 0.5) is 0 Å². The number of aliphatic hydroxyl groups excluding tert-OH is 2. The summed E-state index contributed by atoms with van der Waals surface area (Å²) in [6, 6.07) is 6.81. The summed E-state index contributed by atoms with van der Waals surface area (Å²) in [6.07, 6.45) is 0.957. The van der Waals surface area contributed by atoms with Crippen molar-refractivity contribution in [2.45, 2.75) is 58.3 Å². The largest absolute Gasteiger partial charge is 0.482 e. The third-order valence-electron chi connectivity index (χ3n) is 5.51. The minimum Gasteiger partial charge on any atom is -0.482 e. The molecule has 0 aliphatic heterocycles. The number of benzene rings is 1. The van der Waals surface area contributed by atoms with Gasteiger partial charge in [-0.15, -0.1) is 0 Å². The van der Waals surface area contributed by atoms with E-state index in [0.717, 1.165) is 3.57 Å². The maximum absolute atomic E-state index is 13.2. The van der Waals surface area contributed by atoms with Crippen molar-refractivity contribution in [3.63, 3.8) is 0 Å². The molecule has 2 amide bonds. The molecular weight excluding hydrogens is 551 g/mol. The zero-order valence-electron chi connectivity index (χ0n) is 20.2. The van der Waals surface area contributed by atoms with Gasteiger partial charge in [-0.3, -0.25) is 9.59 Å². The molecule has 190 valence electrons. The van der Waals surface area contributed by atoms with Crippen molar-refractivity contribution >= 4 is 34.4 Å². The Bertz CT molecular complexity index is 831. The number of rotatable bonds is 13. The van der Waals surface area contributed by atoms with E-state index in [2.05, 4.69) is 27.9 Å². The van der Waals surface area contributed by atoms with Gasteiger partial charge in [0.1, 0.15) is 18.0 Å². The molecule has 0 saturated carbocycles. The van der Waals surface area contributed by atoms with Crippen LogP contribution in [0.5, 0.6) is 5.75 Å². The maximum atomic E-state index is 13.2. The van der Waals surface area contributed by atoms with Crippen molar-refractivity contribution in [1.29, 1.82) is 0 Å². The number of aliphatic hydroxyl groups is 2. The second-order valence-corrected chi connectivity index (χ2v) is 9.84. The molecule has 0 bridgehead atoms. The predicted octanol–water partition coefficient (Wildman–Crippen LogP) is 2.51. The molecule has 0 fully saturated rings. The molecule has 1 aromatic carbocycles. The molecular formula is C25H37IN2O6. The first-order valence-corrected chi connectivity index (χ1v) is 12.9. The molecule has 0 saturated heterocycles. The zero-order valence-corrected chi connectivity index (χ0v) is 22.4. The molecule has 2 rings (SSSR count). The van der Waals surface area contributed by atoms with E-state index in [9.17, 15) is 14.7 Å². The van der Waals surface area contributed by atoms with E-state index in [-0.39, 0.29) is 37.3 Å². The Kier molecular flexibility index (Phi) is 12.3. The van der Waals surface area contributed by atoms with Gasteiger partial charge in [-0.05, 0) is 60.1 Å². The number of amides is 2. The Morgan fingerprint density at radius 3 is 2.68 bits per heavy atom. The number of nitrogens with one attached hydrogen (secondary N) is 1. The molecule has 1 aromatic rings. The first-order valence-electron chi connectivity index (χ1n) is 11.8. The van der Waals surface area contributed by atoms with Crippen LogP contribution in [0.2, 0.25) is 0 Å². The summed E-state index contributed by atoms with van der Waals surface area (Å²) < 4.78 is 12.5. The molecule has 0 heterocycles. The number of hydrogen-bond donors (Lipinski definition) is 3. The van der Waals surface area contributed by atoms with Crippen LogP contribution in [-0.4, -0.2) is 78.1 Å². The Morgan fingerprint density at radius 2 is 2.03 bits per heavy atom. The number of ether oxygens (including phenoxy) is 2. The fourth-order valence-electron chi connectivity index (χ4n) is 3.89. The van der Waals surface area contributed by atoms with Crippen LogP contribution in [0.3, 0.4) is 0 Å². The van der Waals surface area contributed by atoms with Gasteiger partial charge in [-0.1, -0.05) is 26.0 Å². The normalized spacial score (nSPS) is 20.1. The minimum absolute atomic E-state index is 0.0689. The number of carbonyl (C=O) groups is 2. The summed E-state index contributed by atoms with van der Waals surface area (Å²) in [5, 5.41) is 23.1. The quantitative estimate of drug-likeness (QED) is 0.242. The zero-order chi connectivity index (χ0) is 25.1. The van der Waals surface area contributed by atoms with Crippen molar-refractivity contribution in [2.75, 3.05) is 32.9 Å². The van der Waals surface area contributed by atoms with E-state index in [4.69, 9.17) is 14.6 Å². The van der Waals surface area contributed by atoms with Crippen LogP contribution >= 0.6 is 22.6 Å². The van der Waals surface area contributed by atoms with Crippen LogP contribution in [0.15, 0.2) is 35.9 Å². The monoisotopic (exact) mass is 588 g/mol. The Hall–Kier alpha value is -1.69. The van der Waals surface area contributed by atoms with Crippen LogP contribution in [-0.2, 0) is 14.3 Å². The number of nitrogens with zero attached hydrogens (tertiary/aromatic N) is 1. The topological polar surface area (TPSA) is 108 Å². The number of hydrogen-bond acceptors (Lipinski definition) is 6. The standard InChI is InChI=1S/C25H37IN2O6/c1-4-33-13-7-11-28(23(30)14-17(2)3)20-15-18(25(32)27-10-12-29)16-22(24(20)31)34-21-9-6-5-8-19(21)26/h5-6,8-9,16-17,20,22,24,29,31H,4,7,10-15H2,1-3H3,(H,27,32)/t20-,22+,24+/m1/s1. The smallest absolute Gasteiger partial charge is 0.247 e. The molecule has 0 aromatic heterocycles. The van der Waals surface area contributed by atoms with Gasteiger partial charge in [-0.2, -0.15) is 0 Å². The second-order valence-electron chi connectivity index (χ2n) is 8.68. The number of para-hydroxylation sites is 1.